The van der Waals surface area contributed by atoms with E-state index in [0.717, 1.165) is 12.8 Å². The van der Waals surface area contributed by atoms with Crippen LogP contribution < -0.4 is 10.6 Å². The molecule has 2 N–H and O–H groups in total. The molecule has 1 fully saturated rings. The molecule has 2 rings (SSSR count). The second kappa shape index (κ2) is 10.2. The average Bonchev–Trinajstić information content (AvgIpc) is 3.22. The number of carbonyl (C=O) groups is 3. The van der Waals surface area contributed by atoms with E-state index in [1.54, 1.807) is 0 Å². The lowest BCUT2D eigenvalue weighted by molar-refractivity contribution is -0.123. The summed E-state index contributed by atoms with van der Waals surface area (Å²) in [5.74, 6) is -1.60. The third-order valence-electron chi connectivity index (χ3n) is 3.97. The van der Waals surface area contributed by atoms with Gasteiger partial charge in [0.15, 0.2) is 6.61 Å². The van der Waals surface area contributed by atoms with E-state index in [-0.39, 0.29) is 17.0 Å². The summed E-state index contributed by atoms with van der Waals surface area (Å²) in [6.07, 6.45) is 1.66. The number of urea groups is 1. The minimum atomic E-state index is -3.57. The molecule has 0 atom stereocenters. The van der Waals surface area contributed by atoms with Crippen LogP contribution in [-0.2, 0) is 24.3 Å². The fourth-order valence-electron chi connectivity index (χ4n) is 2.53. The number of esters is 1. The number of nitrogens with one attached hydrogen (secondary N) is 2. The van der Waals surface area contributed by atoms with Gasteiger partial charge in [0.05, 0.1) is 17.1 Å². The Balaban J connectivity index is 1.84. The van der Waals surface area contributed by atoms with Gasteiger partial charge in [-0.1, -0.05) is 0 Å². The summed E-state index contributed by atoms with van der Waals surface area (Å²) in [6, 6.07) is 4.57. The SMILES string of the molecule is COCCNC(=O)NC(=O)COC(=O)c1ccc(S(=O)(=O)N2CCCC2)cc1. The van der Waals surface area contributed by atoms with Gasteiger partial charge < -0.3 is 14.8 Å². The van der Waals surface area contributed by atoms with Gasteiger partial charge in [-0.15, -0.1) is 0 Å². The van der Waals surface area contributed by atoms with Crippen molar-refractivity contribution in [3.63, 3.8) is 0 Å². The molecule has 1 aromatic carbocycles. The van der Waals surface area contributed by atoms with E-state index in [4.69, 9.17) is 9.47 Å². The molecule has 0 bridgehead atoms. The second-order valence-electron chi connectivity index (χ2n) is 6.01. The Morgan fingerprint density at radius 2 is 1.75 bits per heavy atom. The van der Waals surface area contributed by atoms with Crippen molar-refractivity contribution in [2.75, 3.05) is 40.0 Å². The Bertz CT molecular complexity index is 803. The topological polar surface area (TPSA) is 131 Å². The molecule has 0 aliphatic carbocycles. The summed E-state index contributed by atoms with van der Waals surface area (Å²) in [4.78, 5) is 35.1. The number of methoxy groups -OCH3 is 1. The molecule has 1 aliphatic heterocycles. The smallest absolute Gasteiger partial charge is 0.338 e. The maximum Gasteiger partial charge on any atom is 0.338 e. The molecule has 1 saturated heterocycles. The Kier molecular flexibility index (Phi) is 7.91. The van der Waals surface area contributed by atoms with E-state index in [1.807, 2.05) is 5.32 Å². The number of rotatable bonds is 8. The number of hydrogen-bond donors (Lipinski definition) is 2. The third-order valence-corrected chi connectivity index (χ3v) is 5.88. The molecular formula is C17H23N3O7S. The molecule has 154 valence electrons. The van der Waals surface area contributed by atoms with E-state index in [1.165, 1.54) is 35.7 Å². The molecule has 0 saturated carbocycles. The molecule has 3 amide bonds. The molecule has 11 heteroatoms. The van der Waals surface area contributed by atoms with E-state index >= 15 is 0 Å². The number of imide groups is 1. The maximum atomic E-state index is 12.4. The fraction of sp³-hybridized carbons (Fsp3) is 0.471. The molecule has 0 spiro atoms. The van der Waals surface area contributed by atoms with Gasteiger partial charge in [-0.05, 0) is 37.1 Å². The zero-order chi connectivity index (χ0) is 20.6. The zero-order valence-electron chi connectivity index (χ0n) is 15.5. The summed E-state index contributed by atoms with van der Waals surface area (Å²) in [6.45, 7) is 0.840. The summed E-state index contributed by atoms with van der Waals surface area (Å²) in [5.41, 5.74) is 0.0951. The van der Waals surface area contributed by atoms with Crippen LogP contribution in [0.25, 0.3) is 0 Å². The maximum absolute atomic E-state index is 12.4. The monoisotopic (exact) mass is 413 g/mol. The van der Waals surface area contributed by atoms with Gasteiger partial charge in [0.2, 0.25) is 10.0 Å². The number of carbonyl (C=O) groups excluding carboxylic acids is 3. The van der Waals surface area contributed by atoms with Crippen LogP contribution >= 0.6 is 0 Å². The number of ether oxygens (including phenoxy) is 2. The first-order valence-corrected chi connectivity index (χ1v) is 10.1. The van der Waals surface area contributed by atoms with Gasteiger partial charge in [-0.3, -0.25) is 10.1 Å². The van der Waals surface area contributed by atoms with E-state index in [2.05, 4.69) is 5.32 Å². The molecule has 1 heterocycles. The van der Waals surface area contributed by atoms with Crippen molar-refractivity contribution < 1.29 is 32.3 Å². The lowest BCUT2D eigenvalue weighted by Gasteiger charge is -2.15. The van der Waals surface area contributed by atoms with Crippen LogP contribution in [0.15, 0.2) is 29.2 Å². The normalized spacial score (nSPS) is 14.5. The standard InChI is InChI=1S/C17H23N3O7S/c1-26-11-8-18-17(23)19-15(21)12-27-16(22)13-4-6-14(7-5-13)28(24,25)20-9-2-3-10-20/h4-7H,2-3,8-12H2,1H3,(H2,18,19,21,23). The van der Waals surface area contributed by atoms with Crippen LogP contribution in [0.2, 0.25) is 0 Å². The van der Waals surface area contributed by atoms with Crippen molar-refractivity contribution in [3.05, 3.63) is 29.8 Å². The first-order chi connectivity index (χ1) is 13.3. The lowest BCUT2D eigenvalue weighted by Crippen LogP contribution is -2.42. The Morgan fingerprint density at radius 1 is 1.11 bits per heavy atom. The predicted molar refractivity (Wildman–Crippen MR) is 98.1 cm³/mol. The number of sulfonamides is 1. The first kappa shape index (κ1) is 21.8. The van der Waals surface area contributed by atoms with Crippen molar-refractivity contribution in [1.82, 2.24) is 14.9 Å². The van der Waals surface area contributed by atoms with Gasteiger partial charge in [0.25, 0.3) is 5.91 Å². The highest BCUT2D eigenvalue weighted by atomic mass is 32.2. The number of amides is 3. The first-order valence-electron chi connectivity index (χ1n) is 8.68. The van der Waals surface area contributed by atoms with Crippen molar-refractivity contribution in [2.24, 2.45) is 0 Å². The fourth-order valence-corrected chi connectivity index (χ4v) is 4.05. The van der Waals surface area contributed by atoms with Crippen LogP contribution in [0, 0.1) is 0 Å². The molecule has 28 heavy (non-hydrogen) atoms. The molecule has 1 aliphatic rings. The highest BCUT2D eigenvalue weighted by molar-refractivity contribution is 7.89. The molecule has 1 aromatic rings. The van der Waals surface area contributed by atoms with Gasteiger partial charge in [0, 0.05) is 26.7 Å². The van der Waals surface area contributed by atoms with E-state index < -0.39 is 34.5 Å². The van der Waals surface area contributed by atoms with Crippen molar-refractivity contribution in [2.45, 2.75) is 17.7 Å². The number of nitrogens with zero attached hydrogens (tertiary/aromatic N) is 1. The van der Waals surface area contributed by atoms with Gasteiger partial charge in [-0.25, -0.2) is 18.0 Å². The summed E-state index contributed by atoms with van der Waals surface area (Å²) in [7, 11) is -2.10. The second-order valence-corrected chi connectivity index (χ2v) is 7.95. The largest absolute Gasteiger partial charge is 0.452 e. The molecule has 0 aromatic heterocycles. The van der Waals surface area contributed by atoms with E-state index in [0.29, 0.717) is 19.7 Å². The summed E-state index contributed by atoms with van der Waals surface area (Å²) in [5, 5.41) is 4.38. The summed E-state index contributed by atoms with van der Waals surface area (Å²) >= 11 is 0. The predicted octanol–water partition coefficient (Wildman–Crippen LogP) is 0.100. The van der Waals surface area contributed by atoms with Crippen LogP contribution in [0.3, 0.4) is 0 Å². The molecular weight excluding hydrogens is 390 g/mol. The molecule has 0 unspecified atom stereocenters. The van der Waals surface area contributed by atoms with Gasteiger partial charge >= 0.3 is 12.0 Å². The van der Waals surface area contributed by atoms with Crippen molar-refractivity contribution in [1.29, 1.82) is 0 Å². The summed E-state index contributed by atoms with van der Waals surface area (Å²) < 4.78 is 35.9. The van der Waals surface area contributed by atoms with Crippen molar-refractivity contribution >= 4 is 27.9 Å². The number of hydrogen-bond acceptors (Lipinski definition) is 7. The molecule has 0 radical (unpaired) electrons. The Morgan fingerprint density at radius 3 is 2.36 bits per heavy atom. The van der Waals surface area contributed by atoms with Crippen LogP contribution in [0.1, 0.15) is 23.2 Å². The van der Waals surface area contributed by atoms with Gasteiger partial charge in [-0.2, -0.15) is 4.31 Å². The van der Waals surface area contributed by atoms with Gasteiger partial charge in [0.1, 0.15) is 0 Å². The zero-order valence-corrected chi connectivity index (χ0v) is 16.3. The van der Waals surface area contributed by atoms with E-state index in [9.17, 15) is 22.8 Å². The Labute approximate surface area is 163 Å². The van der Waals surface area contributed by atoms with Crippen LogP contribution in [-0.4, -0.2) is 70.6 Å². The highest BCUT2D eigenvalue weighted by Crippen LogP contribution is 2.21. The van der Waals surface area contributed by atoms with Crippen molar-refractivity contribution in [3.8, 4) is 0 Å². The minimum absolute atomic E-state index is 0.0939. The number of benzene rings is 1. The lowest BCUT2D eigenvalue weighted by atomic mass is 10.2. The average molecular weight is 413 g/mol. The third kappa shape index (κ3) is 6.01. The quantitative estimate of drug-likeness (QED) is 0.456. The van der Waals surface area contributed by atoms with Crippen LogP contribution in [0.5, 0.6) is 0 Å². The molecule has 10 nitrogen and oxygen atoms in total. The Hall–Kier alpha value is -2.50. The highest BCUT2D eigenvalue weighted by Gasteiger charge is 2.27. The van der Waals surface area contributed by atoms with Crippen LogP contribution in [0.4, 0.5) is 4.79 Å². The minimum Gasteiger partial charge on any atom is -0.452 e.